The highest BCUT2D eigenvalue weighted by atomic mass is 35.5. The Morgan fingerprint density at radius 2 is 1.94 bits per heavy atom. The number of piperazine rings is 1. The van der Waals surface area contributed by atoms with Crippen LogP contribution in [0.1, 0.15) is 23.2 Å². The quantitative estimate of drug-likeness (QED) is 0.475. The molecule has 0 radical (unpaired) electrons. The molecule has 7 nitrogen and oxygen atoms in total. The van der Waals surface area contributed by atoms with Crippen molar-refractivity contribution >= 4 is 51.1 Å². The van der Waals surface area contributed by atoms with Crippen LogP contribution in [0.3, 0.4) is 0 Å². The van der Waals surface area contributed by atoms with Crippen molar-refractivity contribution in [2.75, 3.05) is 38.2 Å². The van der Waals surface area contributed by atoms with Crippen LogP contribution >= 0.6 is 34.3 Å². The van der Waals surface area contributed by atoms with E-state index < -0.39 is 0 Å². The minimum absolute atomic E-state index is 0.0227. The number of methoxy groups -OCH3 is 1. The second kappa shape index (κ2) is 9.76. The molecule has 4 rings (SSSR count). The van der Waals surface area contributed by atoms with Crippen molar-refractivity contribution in [3.63, 3.8) is 0 Å². The van der Waals surface area contributed by atoms with Crippen molar-refractivity contribution in [2.24, 2.45) is 0 Å². The lowest BCUT2D eigenvalue weighted by Crippen LogP contribution is -2.48. The standard InChI is InChI=1S/C21H21ClN4O3S2/c1-29-17-6-4-14(22)13-15(17)16(27)5-7-19(28)25-8-10-26(11-9-25)21-24-23-20(31-21)18-3-2-12-30-18/h2-4,6,12-13H,5,7-11H2,1H3. The molecule has 3 aromatic rings. The smallest absolute Gasteiger partial charge is 0.223 e. The second-order valence-electron chi connectivity index (χ2n) is 7.00. The molecular weight excluding hydrogens is 456 g/mol. The lowest BCUT2D eigenvalue weighted by Gasteiger charge is -2.34. The number of benzene rings is 1. The van der Waals surface area contributed by atoms with Gasteiger partial charge in [0.2, 0.25) is 11.0 Å². The van der Waals surface area contributed by atoms with Gasteiger partial charge in [0.1, 0.15) is 5.75 Å². The van der Waals surface area contributed by atoms with E-state index in [0.717, 1.165) is 15.0 Å². The first-order chi connectivity index (χ1) is 15.0. The number of hydrogen-bond acceptors (Lipinski definition) is 8. The number of carbonyl (C=O) groups excluding carboxylic acids is 2. The number of ether oxygens (including phenoxy) is 1. The number of aromatic nitrogens is 2. The van der Waals surface area contributed by atoms with Gasteiger partial charge >= 0.3 is 0 Å². The monoisotopic (exact) mass is 476 g/mol. The van der Waals surface area contributed by atoms with Crippen molar-refractivity contribution in [3.05, 3.63) is 46.3 Å². The number of rotatable bonds is 7. The summed E-state index contributed by atoms with van der Waals surface area (Å²) in [5, 5.41) is 12.9. The number of carbonyl (C=O) groups is 2. The molecule has 1 amide bonds. The molecule has 3 heterocycles. The Labute approximate surface area is 193 Å². The predicted octanol–water partition coefficient (Wildman–Crippen LogP) is 4.24. The Bertz CT molecular complexity index is 1060. The Kier molecular flexibility index (Phi) is 6.84. The van der Waals surface area contributed by atoms with E-state index in [0.29, 0.717) is 42.5 Å². The van der Waals surface area contributed by atoms with E-state index >= 15 is 0 Å². The molecule has 0 bridgehead atoms. The molecule has 0 aliphatic carbocycles. The van der Waals surface area contributed by atoms with Gasteiger partial charge in [-0.25, -0.2) is 0 Å². The van der Waals surface area contributed by atoms with Gasteiger partial charge in [-0.2, -0.15) is 0 Å². The van der Waals surface area contributed by atoms with E-state index in [4.69, 9.17) is 16.3 Å². The number of ketones is 1. The van der Waals surface area contributed by atoms with Gasteiger partial charge in [0.25, 0.3) is 0 Å². The molecule has 1 aliphatic rings. The van der Waals surface area contributed by atoms with Crippen LogP contribution in [0, 0.1) is 0 Å². The number of amides is 1. The first-order valence-electron chi connectivity index (χ1n) is 9.82. The second-order valence-corrected chi connectivity index (χ2v) is 9.34. The predicted molar refractivity (Wildman–Crippen MR) is 124 cm³/mol. The third-order valence-corrected chi connectivity index (χ3v) is 7.34. The summed E-state index contributed by atoms with van der Waals surface area (Å²) in [5.41, 5.74) is 0.408. The van der Waals surface area contributed by atoms with Gasteiger partial charge in [-0.1, -0.05) is 29.0 Å². The maximum atomic E-state index is 12.6. The van der Waals surface area contributed by atoms with Crippen LogP contribution in [0.2, 0.25) is 5.02 Å². The lowest BCUT2D eigenvalue weighted by molar-refractivity contribution is -0.131. The molecule has 0 spiro atoms. The summed E-state index contributed by atoms with van der Waals surface area (Å²) < 4.78 is 5.23. The molecule has 1 aromatic carbocycles. The van der Waals surface area contributed by atoms with Crippen molar-refractivity contribution < 1.29 is 14.3 Å². The highest BCUT2D eigenvalue weighted by Gasteiger charge is 2.24. The van der Waals surface area contributed by atoms with Crippen LogP contribution < -0.4 is 9.64 Å². The summed E-state index contributed by atoms with van der Waals surface area (Å²) in [6.07, 6.45) is 0.284. The van der Waals surface area contributed by atoms with E-state index in [2.05, 4.69) is 15.1 Å². The normalized spacial score (nSPS) is 14.0. The topological polar surface area (TPSA) is 75.6 Å². The van der Waals surface area contributed by atoms with E-state index in [1.807, 2.05) is 17.5 Å². The summed E-state index contributed by atoms with van der Waals surface area (Å²) in [7, 11) is 1.51. The largest absolute Gasteiger partial charge is 0.496 e. The zero-order chi connectivity index (χ0) is 21.8. The molecule has 1 aliphatic heterocycles. The number of halogens is 1. The molecule has 1 saturated heterocycles. The summed E-state index contributed by atoms with van der Waals surface area (Å²) in [4.78, 5) is 30.3. The first-order valence-corrected chi connectivity index (χ1v) is 11.9. The fourth-order valence-electron chi connectivity index (χ4n) is 3.40. The van der Waals surface area contributed by atoms with Crippen LogP contribution in [-0.2, 0) is 4.79 Å². The molecular formula is C21H21ClN4O3S2. The minimum atomic E-state index is -0.152. The van der Waals surface area contributed by atoms with Crippen molar-refractivity contribution in [1.82, 2.24) is 15.1 Å². The summed E-state index contributed by atoms with van der Waals surface area (Å²) in [5.74, 6) is 0.293. The van der Waals surface area contributed by atoms with Crippen LogP contribution in [0.25, 0.3) is 9.88 Å². The van der Waals surface area contributed by atoms with Gasteiger partial charge in [-0.15, -0.1) is 21.5 Å². The van der Waals surface area contributed by atoms with E-state index in [1.54, 1.807) is 45.8 Å². The van der Waals surface area contributed by atoms with E-state index in [9.17, 15) is 9.59 Å². The van der Waals surface area contributed by atoms with Gasteiger partial charge in [0.05, 0.1) is 17.6 Å². The van der Waals surface area contributed by atoms with Gasteiger partial charge < -0.3 is 14.5 Å². The van der Waals surface area contributed by atoms with Gasteiger partial charge in [0, 0.05) is 44.0 Å². The lowest BCUT2D eigenvalue weighted by atomic mass is 10.0. The number of hydrogen-bond donors (Lipinski definition) is 0. The fourth-order valence-corrected chi connectivity index (χ4v) is 5.26. The van der Waals surface area contributed by atoms with Crippen molar-refractivity contribution in [3.8, 4) is 15.6 Å². The molecule has 162 valence electrons. The number of anilines is 1. The summed E-state index contributed by atoms with van der Waals surface area (Å²) >= 11 is 9.21. The maximum Gasteiger partial charge on any atom is 0.223 e. The minimum Gasteiger partial charge on any atom is -0.496 e. The van der Waals surface area contributed by atoms with Gasteiger partial charge in [-0.3, -0.25) is 9.59 Å². The number of thiophene rings is 1. The zero-order valence-corrected chi connectivity index (χ0v) is 19.3. The highest BCUT2D eigenvalue weighted by molar-refractivity contribution is 7.22. The van der Waals surface area contributed by atoms with Gasteiger partial charge in [0.15, 0.2) is 10.8 Å². The average molecular weight is 477 g/mol. The zero-order valence-electron chi connectivity index (χ0n) is 16.9. The Hall–Kier alpha value is -2.49. The molecule has 10 heteroatoms. The highest BCUT2D eigenvalue weighted by Crippen LogP contribution is 2.32. The molecule has 0 unspecified atom stereocenters. The molecule has 0 atom stereocenters. The van der Waals surface area contributed by atoms with E-state index in [1.165, 1.54) is 7.11 Å². The molecule has 2 aromatic heterocycles. The summed E-state index contributed by atoms with van der Waals surface area (Å²) in [6, 6.07) is 8.94. The third-order valence-electron chi connectivity index (χ3n) is 5.08. The van der Waals surface area contributed by atoms with E-state index in [-0.39, 0.29) is 24.5 Å². The van der Waals surface area contributed by atoms with Crippen LogP contribution in [0.5, 0.6) is 5.75 Å². The summed E-state index contributed by atoms with van der Waals surface area (Å²) in [6.45, 7) is 2.59. The number of Topliss-reactive ketones (excluding diaryl/α,β-unsaturated/α-hetero) is 1. The maximum absolute atomic E-state index is 12.6. The molecule has 1 fully saturated rings. The molecule has 31 heavy (non-hydrogen) atoms. The third kappa shape index (κ3) is 5.06. The van der Waals surface area contributed by atoms with Crippen LogP contribution in [-0.4, -0.2) is 60.1 Å². The first kappa shape index (κ1) is 21.7. The van der Waals surface area contributed by atoms with Crippen LogP contribution in [0.4, 0.5) is 5.13 Å². The Balaban J connectivity index is 1.29. The van der Waals surface area contributed by atoms with Crippen molar-refractivity contribution in [2.45, 2.75) is 12.8 Å². The Morgan fingerprint density at radius 3 is 2.65 bits per heavy atom. The average Bonchev–Trinajstić information content (AvgIpc) is 3.49. The SMILES string of the molecule is COc1ccc(Cl)cc1C(=O)CCC(=O)N1CCN(c2nnc(-c3cccs3)s2)CC1. The molecule has 0 N–H and O–H groups in total. The number of nitrogens with zero attached hydrogens (tertiary/aromatic N) is 4. The van der Waals surface area contributed by atoms with Gasteiger partial charge in [-0.05, 0) is 29.6 Å². The fraction of sp³-hybridized carbons (Fsp3) is 0.333. The molecule has 0 saturated carbocycles. The Morgan fingerprint density at radius 1 is 1.13 bits per heavy atom. The van der Waals surface area contributed by atoms with Crippen LogP contribution in [0.15, 0.2) is 35.7 Å². The van der Waals surface area contributed by atoms with Crippen molar-refractivity contribution in [1.29, 1.82) is 0 Å².